The molecule has 1 N–H and O–H groups in total. The molecule has 2 aromatic heterocycles. The van der Waals surface area contributed by atoms with Crippen LogP contribution in [-0.2, 0) is 4.74 Å². The topological polar surface area (TPSA) is 95.4 Å². The number of benzene rings is 1. The normalized spacial score (nSPS) is 12.2. The molecule has 3 aromatic rings. The maximum Gasteiger partial charge on any atom is 0.356 e. The van der Waals surface area contributed by atoms with Crippen molar-refractivity contribution in [1.82, 2.24) is 14.8 Å². The van der Waals surface area contributed by atoms with E-state index in [0.29, 0.717) is 17.1 Å². The van der Waals surface area contributed by atoms with E-state index in [4.69, 9.17) is 14.2 Å². The highest BCUT2D eigenvalue weighted by Gasteiger charge is 2.20. The molecule has 0 radical (unpaired) electrons. The lowest BCUT2D eigenvalue weighted by Crippen LogP contribution is -2.15. The minimum absolute atomic E-state index is 0.202. The molecular weight excluding hydrogens is 350 g/mol. The van der Waals surface area contributed by atoms with Crippen LogP contribution in [0.5, 0.6) is 11.5 Å². The Morgan fingerprint density at radius 1 is 1.19 bits per heavy atom. The molecule has 1 aliphatic heterocycles. The number of fused-ring (bicyclic) bond motifs is 1. The summed E-state index contributed by atoms with van der Waals surface area (Å²) in [5, 5.41) is 6.19. The van der Waals surface area contributed by atoms with Gasteiger partial charge in [0.15, 0.2) is 18.1 Å². The summed E-state index contributed by atoms with van der Waals surface area (Å²) in [6.45, 7) is 3.61. The lowest BCUT2D eigenvalue weighted by Gasteiger charge is -2.10. The van der Waals surface area contributed by atoms with Crippen molar-refractivity contribution in [2.45, 2.75) is 13.8 Å². The van der Waals surface area contributed by atoms with E-state index < -0.39 is 5.97 Å². The Morgan fingerprint density at radius 2 is 2.00 bits per heavy atom. The highest BCUT2D eigenvalue weighted by molar-refractivity contribution is 6.00. The fourth-order valence-electron chi connectivity index (χ4n) is 3.12. The Bertz CT molecular complexity index is 1020. The van der Waals surface area contributed by atoms with Crippen molar-refractivity contribution in [2.75, 3.05) is 13.4 Å². The van der Waals surface area contributed by atoms with Gasteiger partial charge in [-0.3, -0.25) is 9.89 Å². The van der Waals surface area contributed by atoms with Crippen LogP contribution in [0.15, 0.2) is 36.5 Å². The summed E-state index contributed by atoms with van der Waals surface area (Å²) in [7, 11) is 0. The summed E-state index contributed by atoms with van der Waals surface area (Å²) >= 11 is 0. The lowest BCUT2D eigenvalue weighted by atomic mass is 10.1. The zero-order valence-corrected chi connectivity index (χ0v) is 14.8. The fourth-order valence-corrected chi connectivity index (χ4v) is 3.12. The number of nitrogens with one attached hydrogen (secondary N) is 1. The van der Waals surface area contributed by atoms with Crippen LogP contribution in [0.4, 0.5) is 0 Å². The molecule has 8 nitrogen and oxygen atoms in total. The first-order chi connectivity index (χ1) is 13.0. The summed E-state index contributed by atoms with van der Waals surface area (Å²) < 4.78 is 17.8. The summed E-state index contributed by atoms with van der Waals surface area (Å²) in [6, 6.07) is 8.88. The van der Waals surface area contributed by atoms with Crippen molar-refractivity contribution in [3.63, 3.8) is 0 Å². The molecule has 0 fully saturated rings. The van der Waals surface area contributed by atoms with E-state index >= 15 is 0 Å². The molecule has 0 saturated heterocycles. The van der Waals surface area contributed by atoms with Gasteiger partial charge >= 0.3 is 5.97 Å². The minimum atomic E-state index is -0.620. The SMILES string of the molecule is Cc1cc(C(=O)COC(=O)c2ccn[nH]2)c(C)n1-c1ccc2c(c1)OCO2. The average Bonchev–Trinajstić information content (AvgIpc) is 3.39. The Labute approximate surface area is 154 Å². The van der Waals surface area contributed by atoms with Gasteiger partial charge in [0.05, 0.1) is 0 Å². The molecule has 0 atom stereocenters. The fraction of sp³-hybridized carbons (Fsp3) is 0.211. The van der Waals surface area contributed by atoms with Crippen LogP contribution in [0, 0.1) is 13.8 Å². The number of H-pyrrole nitrogens is 1. The van der Waals surface area contributed by atoms with E-state index in [1.54, 1.807) is 6.07 Å². The van der Waals surface area contributed by atoms with Gasteiger partial charge in [-0.2, -0.15) is 5.10 Å². The monoisotopic (exact) mass is 367 g/mol. The lowest BCUT2D eigenvalue weighted by molar-refractivity contribution is 0.0468. The number of ether oxygens (including phenoxy) is 3. The molecule has 0 amide bonds. The molecule has 0 spiro atoms. The van der Waals surface area contributed by atoms with Crippen molar-refractivity contribution in [3.05, 3.63) is 59.2 Å². The standard InChI is InChI=1S/C19H17N3O5/c1-11-7-14(16(23)9-25-19(24)15-5-6-20-21-15)12(2)22(11)13-3-4-17-18(8-13)27-10-26-17/h3-8H,9-10H2,1-2H3,(H,20,21). The molecule has 1 aliphatic rings. The molecule has 0 unspecified atom stereocenters. The summed E-state index contributed by atoms with van der Waals surface area (Å²) in [6.07, 6.45) is 1.44. The van der Waals surface area contributed by atoms with Crippen molar-refractivity contribution in [2.24, 2.45) is 0 Å². The molecule has 0 aliphatic carbocycles. The number of aromatic amines is 1. The van der Waals surface area contributed by atoms with Gasteiger partial charge < -0.3 is 18.8 Å². The number of hydrogen-bond donors (Lipinski definition) is 1. The summed E-state index contributed by atoms with van der Waals surface area (Å²) in [5.41, 5.74) is 3.21. The quantitative estimate of drug-likeness (QED) is 0.550. The third kappa shape index (κ3) is 3.05. The Morgan fingerprint density at radius 3 is 2.78 bits per heavy atom. The predicted molar refractivity (Wildman–Crippen MR) is 94.6 cm³/mol. The number of carbonyl (C=O) groups is 2. The first-order valence-electron chi connectivity index (χ1n) is 8.33. The molecule has 1 aromatic carbocycles. The van der Waals surface area contributed by atoms with Crippen molar-refractivity contribution >= 4 is 11.8 Å². The van der Waals surface area contributed by atoms with Gasteiger partial charge in [-0.1, -0.05) is 0 Å². The predicted octanol–water partition coefficient (Wildman–Crippen LogP) is 2.59. The summed E-state index contributed by atoms with van der Waals surface area (Å²) in [4.78, 5) is 24.4. The van der Waals surface area contributed by atoms with Crippen molar-refractivity contribution in [3.8, 4) is 17.2 Å². The van der Waals surface area contributed by atoms with Crippen LogP contribution >= 0.6 is 0 Å². The number of nitrogens with zero attached hydrogens (tertiary/aromatic N) is 2. The highest BCUT2D eigenvalue weighted by Crippen LogP contribution is 2.34. The van der Waals surface area contributed by atoms with Crippen molar-refractivity contribution in [1.29, 1.82) is 0 Å². The number of Topliss-reactive ketones (excluding diaryl/α,β-unsaturated/α-hetero) is 1. The van der Waals surface area contributed by atoms with Crippen LogP contribution in [0.25, 0.3) is 5.69 Å². The zero-order chi connectivity index (χ0) is 19.0. The van der Waals surface area contributed by atoms with Crippen LogP contribution < -0.4 is 9.47 Å². The Hall–Kier alpha value is -3.55. The van der Waals surface area contributed by atoms with E-state index in [1.807, 2.05) is 36.6 Å². The van der Waals surface area contributed by atoms with Gasteiger partial charge in [0.1, 0.15) is 5.69 Å². The van der Waals surface area contributed by atoms with E-state index in [0.717, 1.165) is 17.1 Å². The van der Waals surface area contributed by atoms with E-state index in [1.165, 1.54) is 12.3 Å². The molecule has 0 bridgehead atoms. The molecule has 138 valence electrons. The second-order valence-electron chi connectivity index (χ2n) is 6.13. The molecule has 3 heterocycles. The second-order valence-corrected chi connectivity index (χ2v) is 6.13. The van der Waals surface area contributed by atoms with Crippen LogP contribution in [-0.4, -0.2) is 39.9 Å². The molecule has 8 heteroatoms. The van der Waals surface area contributed by atoms with Gasteiger partial charge in [-0.25, -0.2) is 4.79 Å². The number of ketones is 1. The van der Waals surface area contributed by atoms with Gasteiger partial charge in [-0.05, 0) is 38.1 Å². The zero-order valence-electron chi connectivity index (χ0n) is 14.8. The molecular formula is C19H17N3O5. The second kappa shape index (κ2) is 6.64. The minimum Gasteiger partial charge on any atom is -0.454 e. The smallest absolute Gasteiger partial charge is 0.356 e. The average molecular weight is 367 g/mol. The van der Waals surface area contributed by atoms with E-state index in [9.17, 15) is 9.59 Å². The largest absolute Gasteiger partial charge is 0.454 e. The van der Waals surface area contributed by atoms with Crippen molar-refractivity contribution < 1.29 is 23.8 Å². The number of aromatic nitrogens is 3. The Kier molecular flexibility index (Phi) is 4.15. The molecule has 4 rings (SSSR count). The number of carbonyl (C=O) groups excluding carboxylic acids is 2. The third-order valence-corrected chi connectivity index (χ3v) is 4.40. The Balaban J connectivity index is 1.55. The van der Waals surface area contributed by atoms with Crippen LogP contribution in [0.3, 0.4) is 0 Å². The maximum absolute atomic E-state index is 12.6. The van der Waals surface area contributed by atoms with Crippen LogP contribution in [0.1, 0.15) is 32.2 Å². The first kappa shape index (κ1) is 16.9. The van der Waals surface area contributed by atoms with E-state index in [2.05, 4.69) is 10.2 Å². The molecule has 0 saturated carbocycles. The van der Waals surface area contributed by atoms with Gasteiger partial charge in [0.25, 0.3) is 0 Å². The summed E-state index contributed by atoms with van der Waals surface area (Å²) in [5.74, 6) is 0.470. The number of rotatable bonds is 5. The number of hydrogen-bond acceptors (Lipinski definition) is 6. The number of esters is 1. The van der Waals surface area contributed by atoms with Crippen LogP contribution in [0.2, 0.25) is 0 Å². The molecule has 27 heavy (non-hydrogen) atoms. The van der Waals surface area contributed by atoms with E-state index in [-0.39, 0.29) is 24.9 Å². The number of aryl methyl sites for hydroxylation is 1. The first-order valence-corrected chi connectivity index (χ1v) is 8.33. The van der Waals surface area contributed by atoms with Gasteiger partial charge in [-0.15, -0.1) is 0 Å². The third-order valence-electron chi connectivity index (χ3n) is 4.40. The van der Waals surface area contributed by atoms with Gasteiger partial charge in [0.2, 0.25) is 12.6 Å². The van der Waals surface area contributed by atoms with Gasteiger partial charge in [0, 0.05) is 34.9 Å². The maximum atomic E-state index is 12.6. The highest BCUT2D eigenvalue weighted by atomic mass is 16.7.